The number of aldehydes is 1. The minimum absolute atomic E-state index is 0.462. The fraction of sp³-hybridized carbons (Fsp3) is 0.575. The molecule has 0 bridgehead atoms. The second-order valence-electron chi connectivity index (χ2n) is 12.9. The number of benzene rings is 2. The Labute approximate surface area is 275 Å². The molecule has 0 amide bonds. The summed E-state index contributed by atoms with van der Waals surface area (Å²) in [5, 5.41) is 0. The summed E-state index contributed by atoms with van der Waals surface area (Å²) in [6.07, 6.45) is 30.6. The SMILES string of the molecule is CCCCCCCCCCCCCCCCCCCCCCC1c2cc(Br)ccc2-c2ccc(-c3ccc(C=O)s3)cc21. The van der Waals surface area contributed by atoms with Gasteiger partial charge < -0.3 is 0 Å². The topological polar surface area (TPSA) is 17.1 Å². The molecule has 3 aromatic rings. The van der Waals surface area contributed by atoms with E-state index >= 15 is 0 Å². The third-order valence-corrected chi connectivity index (χ3v) is 11.0. The highest BCUT2D eigenvalue weighted by Gasteiger charge is 2.29. The summed E-state index contributed by atoms with van der Waals surface area (Å²) in [4.78, 5) is 13.2. The average Bonchev–Trinajstić information content (AvgIpc) is 3.62. The van der Waals surface area contributed by atoms with Crippen LogP contribution in [0.15, 0.2) is 53.0 Å². The quantitative estimate of drug-likeness (QED) is 0.0729. The molecule has 1 aliphatic carbocycles. The lowest BCUT2D eigenvalue weighted by Gasteiger charge is -2.15. The molecule has 0 fully saturated rings. The van der Waals surface area contributed by atoms with Crippen molar-refractivity contribution in [2.45, 2.75) is 148 Å². The Balaban J connectivity index is 1.07. The van der Waals surface area contributed by atoms with Crippen LogP contribution in [-0.2, 0) is 0 Å². The van der Waals surface area contributed by atoms with Gasteiger partial charge >= 0.3 is 0 Å². The molecule has 1 atom stereocenters. The summed E-state index contributed by atoms with van der Waals surface area (Å²) in [6.45, 7) is 2.30. The Morgan fingerprint density at radius 1 is 0.605 bits per heavy atom. The maximum atomic E-state index is 11.2. The lowest BCUT2D eigenvalue weighted by Crippen LogP contribution is -1.97. The number of carbonyl (C=O) groups is 1. The van der Waals surface area contributed by atoms with E-state index in [1.807, 2.05) is 6.07 Å². The van der Waals surface area contributed by atoms with Gasteiger partial charge in [-0.25, -0.2) is 0 Å². The summed E-state index contributed by atoms with van der Waals surface area (Å²) in [7, 11) is 0. The van der Waals surface area contributed by atoms with E-state index in [-0.39, 0.29) is 0 Å². The van der Waals surface area contributed by atoms with Crippen molar-refractivity contribution < 1.29 is 4.79 Å². The molecule has 0 aliphatic heterocycles. The summed E-state index contributed by atoms with van der Waals surface area (Å²) >= 11 is 5.31. The lowest BCUT2D eigenvalue weighted by atomic mass is 9.90. The van der Waals surface area contributed by atoms with Gasteiger partial charge in [0.15, 0.2) is 6.29 Å². The highest BCUT2D eigenvalue weighted by Crippen LogP contribution is 2.49. The molecule has 1 heterocycles. The zero-order valence-corrected chi connectivity index (χ0v) is 29.2. The molecule has 2 aromatic carbocycles. The minimum Gasteiger partial charge on any atom is -0.297 e. The number of halogens is 1. The molecule has 1 unspecified atom stereocenters. The number of carbonyl (C=O) groups excluding carboxylic acids is 1. The van der Waals surface area contributed by atoms with Crippen LogP contribution < -0.4 is 0 Å². The van der Waals surface area contributed by atoms with Crippen molar-refractivity contribution in [2.24, 2.45) is 0 Å². The van der Waals surface area contributed by atoms with E-state index in [2.05, 4.69) is 65.3 Å². The maximum absolute atomic E-state index is 11.2. The van der Waals surface area contributed by atoms with Crippen LogP contribution in [0.1, 0.15) is 168 Å². The first kappa shape index (κ1) is 34.2. The number of hydrogen-bond donors (Lipinski definition) is 0. The molecule has 1 nitrogen and oxygen atoms in total. The molecular weight excluding hydrogens is 608 g/mol. The summed E-state index contributed by atoms with van der Waals surface area (Å²) in [5.74, 6) is 0.462. The van der Waals surface area contributed by atoms with E-state index in [9.17, 15) is 4.79 Å². The standard InChI is InChI=1S/C40H55BrOS/c1-2-3-4-5-6-7-8-9-10-11-12-13-14-15-16-17-18-19-20-21-22-35-38-29-32(40-28-25-34(31-42)43-40)23-26-36(38)37-27-24-33(41)30-39(35)37/h23-31,35H,2-22H2,1H3. The van der Waals surface area contributed by atoms with E-state index in [0.717, 1.165) is 11.2 Å². The zero-order chi connectivity index (χ0) is 30.1. The molecule has 0 saturated heterocycles. The van der Waals surface area contributed by atoms with Crippen molar-refractivity contribution in [3.05, 3.63) is 69.0 Å². The predicted molar refractivity (Wildman–Crippen MR) is 193 cm³/mol. The molecule has 1 aromatic heterocycles. The number of fused-ring (bicyclic) bond motifs is 3. The average molecular weight is 664 g/mol. The Morgan fingerprint density at radius 2 is 1.09 bits per heavy atom. The van der Waals surface area contributed by atoms with Crippen LogP contribution in [-0.4, -0.2) is 6.29 Å². The molecule has 1 aliphatic rings. The van der Waals surface area contributed by atoms with Gasteiger partial charge in [-0.3, -0.25) is 4.79 Å². The fourth-order valence-electron chi connectivity index (χ4n) is 6.97. The van der Waals surface area contributed by atoms with Crippen LogP contribution in [0.2, 0.25) is 0 Å². The largest absolute Gasteiger partial charge is 0.297 e. The monoisotopic (exact) mass is 662 g/mol. The number of unbranched alkanes of at least 4 members (excludes halogenated alkanes) is 19. The Bertz CT molecular complexity index is 1230. The van der Waals surface area contributed by atoms with Crippen molar-refractivity contribution in [2.75, 3.05) is 0 Å². The molecule has 43 heavy (non-hydrogen) atoms. The molecule has 0 saturated carbocycles. The summed E-state index contributed by atoms with van der Waals surface area (Å²) in [6, 6.07) is 17.7. The highest BCUT2D eigenvalue weighted by atomic mass is 79.9. The van der Waals surface area contributed by atoms with Crippen molar-refractivity contribution in [3.63, 3.8) is 0 Å². The zero-order valence-electron chi connectivity index (χ0n) is 26.8. The molecule has 3 heteroatoms. The summed E-state index contributed by atoms with van der Waals surface area (Å²) < 4.78 is 1.17. The van der Waals surface area contributed by atoms with Gasteiger partial charge in [-0.1, -0.05) is 169 Å². The normalized spacial score (nSPS) is 13.8. The Morgan fingerprint density at radius 3 is 1.60 bits per heavy atom. The van der Waals surface area contributed by atoms with Crippen molar-refractivity contribution >= 4 is 33.6 Å². The van der Waals surface area contributed by atoms with Gasteiger partial charge in [0.2, 0.25) is 0 Å². The first-order chi connectivity index (χ1) is 21.2. The summed E-state index contributed by atoms with van der Waals surface area (Å²) in [5.41, 5.74) is 6.94. The van der Waals surface area contributed by atoms with E-state index in [0.29, 0.717) is 5.92 Å². The van der Waals surface area contributed by atoms with Crippen LogP contribution in [0.5, 0.6) is 0 Å². The number of rotatable bonds is 23. The van der Waals surface area contributed by atoms with Gasteiger partial charge in [-0.2, -0.15) is 0 Å². The second kappa shape index (κ2) is 19.6. The smallest absolute Gasteiger partial charge is 0.160 e. The van der Waals surface area contributed by atoms with Gasteiger partial charge in [-0.05, 0) is 64.6 Å². The molecule has 0 radical (unpaired) electrons. The van der Waals surface area contributed by atoms with E-state index < -0.39 is 0 Å². The van der Waals surface area contributed by atoms with Gasteiger partial charge in [-0.15, -0.1) is 11.3 Å². The first-order valence-electron chi connectivity index (χ1n) is 17.7. The van der Waals surface area contributed by atoms with E-state index in [1.165, 1.54) is 172 Å². The van der Waals surface area contributed by atoms with Crippen molar-refractivity contribution in [1.82, 2.24) is 0 Å². The molecule has 4 rings (SSSR count). The maximum Gasteiger partial charge on any atom is 0.160 e. The minimum atomic E-state index is 0.462. The lowest BCUT2D eigenvalue weighted by molar-refractivity contribution is 0.112. The molecule has 0 N–H and O–H groups in total. The molecular formula is C40H55BrOS. The van der Waals surface area contributed by atoms with E-state index in [4.69, 9.17) is 0 Å². The van der Waals surface area contributed by atoms with Crippen LogP contribution in [0.25, 0.3) is 21.6 Å². The molecule has 234 valence electrons. The van der Waals surface area contributed by atoms with Crippen molar-refractivity contribution in [3.8, 4) is 21.6 Å². The highest BCUT2D eigenvalue weighted by molar-refractivity contribution is 9.10. The Kier molecular flexibility index (Phi) is 15.6. The van der Waals surface area contributed by atoms with Crippen molar-refractivity contribution in [1.29, 1.82) is 0 Å². The van der Waals surface area contributed by atoms with Crippen LogP contribution in [0.4, 0.5) is 0 Å². The van der Waals surface area contributed by atoms with Gasteiger partial charge in [0.1, 0.15) is 0 Å². The van der Waals surface area contributed by atoms with Gasteiger partial charge in [0, 0.05) is 15.3 Å². The number of thiophene rings is 1. The number of hydrogen-bond acceptors (Lipinski definition) is 2. The second-order valence-corrected chi connectivity index (χ2v) is 14.9. The third kappa shape index (κ3) is 11.0. The van der Waals surface area contributed by atoms with Crippen LogP contribution in [0.3, 0.4) is 0 Å². The van der Waals surface area contributed by atoms with E-state index in [1.54, 1.807) is 11.3 Å². The Hall–Kier alpha value is -1.71. The predicted octanol–water partition coefficient (Wildman–Crippen LogP) is 14.3. The molecule has 0 spiro atoms. The third-order valence-electron chi connectivity index (χ3n) is 9.48. The van der Waals surface area contributed by atoms with Crippen LogP contribution >= 0.6 is 27.3 Å². The fourth-order valence-corrected chi connectivity index (χ4v) is 8.17. The van der Waals surface area contributed by atoms with Gasteiger partial charge in [0.05, 0.1) is 4.88 Å². The van der Waals surface area contributed by atoms with Crippen LogP contribution in [0, 0.1) is 0 Å². The van der Waals surface area contributed by atoms with Gasteiger partial charge in [0.25, 0.3) is 0 Å². The first-order valence-corrected chi connectivity index (χ1v) is 19.3.